The molecule has 2 N–H and O–H groups in total. The van der Waals surface area contributed by atoms with Crippen LogP contribution in [0.25, 0.3) is 11.1 Å². The predicted molar refractivity (Wildman–Crippen MR) is 121 cm³/mol. The highest BCUT2D eigenvalue weighted by molar-refractivity contribution is 5.81. The summed E-state index contributed by atoms with van der Waals surface area (Å²) in [4.78, 5) is 24.3. The number of nitrogens with zero attached hydrogens (tertiary/aromatic N) is 1. The first-order valence-corrected chi connectivity index (χ1v) is 10.4. The van der Waals surface area contributed by atoms with Gasteiger partial charge >= 0.3 is 12.1 Å². The molecule has 0 radical (unpaired) electrons. The third-order valence-corrected chi connectivity index (χ3v) is 5.77. The average molecular weight is 442 g/mol. The van der Waals surface area contributed by atoms with Crippen molar-refractivity contribution >= 4 is 12.1 Å². The number of hydrogen-bond donors (Lipinski definition) is 2. The third-order valence-electron chi connectivity index (χ3n) is 5.77. The highest BCUT2D eigenvalue weighted by atomic mass is 16.5. The van der Waals surface area contributed by atoms with E-state index in [0.717, 1.165) is 22.3 Å². The maximum atomic E-state index is 12.5. The van der Waals surface area contributed by atoms with Crippen LogP contribution in [0.4, 0.5) is 4.79 Å². The number of nitrogens with one attached hydrogen (secondary N) is 1. The number of alkyl carbamates (subject to hydrolysis) is 1. The highest BCUT2D eigenvalue weighted by Crippen LogP contribution is 2.44. The molecular weight excluding hydrogens is 420 g/mol. The molecule has 3 aromatic rings. The summed E-state index contributed by atoms with van der Waals surface area (Å²) in [5, 5.41) is 21.2. The van der Waals surface area contributed by atoms with E-state index in [2.05, 4.69) is 5.32 Å². The number of methoxy groups -OCH3 is 1. The van der Waals surface area contributed by atoms with Gasteiger partial charge in [-0.2, -0.15) is 5.26 Å². The van der Waals surface area contributed by atoms with Crippen LogP contribution in [0.5, 0.6) is 5.75 Å². The summed E-state index contributed by atoms with van der Waals surface area (Å²) in [7, 11) is 1.46. The lowest BCUT2D eigenvalue weighted by atomic mass is 9.98. The maximum absolute atomic E-state index is 12.5. The summed E-state index contributed by atoms with van der Waals surface area (Å²) in [5.74, 6) is -0.902. The molecule has 0 bridgehead atoms. The van der Waals surface area contributed by atoms with E-state index in [-0.39, 0.29) is 18.9 Å². The molecule has 1 atom stereocenters. The summed E-state index contributed by atoms with van der Waals surface area (Å²) >= 11 is 0. The lowest BCUT2D eigenvalue weighted by molar-refractivity contribution is -0.139. The number of carboxylic acid groups (broad SMARTS) is 1. The van der Waals surface area contributed by atoms with Crippen molar-refractivity contribution in [1.82, 2.24) is 5.32 Å². The molecule has 0 saturated heterocycles. The molecule has 0 saturated carbocycles. The second-order valence-electron chi connectivity index (χ2n) is 7.70. The Hall–Kier alpha value is -4.31. The van der Waals surface area contributed by atoms with Gasteiger partial charge in [-0.3, -0.25) is 0 Å². The van der Waals surface area contributed by atoms with Gasteiger partial charge < -0.3 is 19.9 Å². The van der Waals surface area contributed by atoms with Crippen molar-refractivity contribution in [3.05, 3.63) is 89.0 Å². The monoisotopic (exact) mass is 442 g/mol. The van der Waals surface area contributed by atoms with Crippen LogP contribution in [0.2, 0.25) is 0 Å². The van der Waals surface area contributed by atoms with Gasteiger partial charge in [0.1, 0.15) is 18.4 Å². The molecule has 0 aromatic heterocycles. The fraction of sp³-hybridized carbons (Fsp3) is 0.192. The lowest BCUT2D eigenvalue weighted by Gasteiger charge is -2.18. The zero-order chi connectivity index (χ0) is 23.4. The molecule has 166 valence electrons. The standard InChI is InChI=1S/C26H22N2O5/c1-32-24-11-10-16(14-27)12-17(24)13-23(25(29)30)28-26(31)33-15-22-20-8-4-2-6-18(20)19-7-3-5-9-21(19)22/h2-12,22-23H,13,15H2,1H3,(H,28,31)(H,29,30)/t23-/m0/s1. The van der Waals surface area contributed by atoms with Gasteiger partial charge in [-0.05, 0) is 46.0 Å². The zero-order valence-corrected chi connectivity index (χ0v) is 17.9. The first-order valence-electron chi connectivity index (χ1n) is 10.4. The SMILES string of the molecule is COc1ccc(C#N)cc1C[C@H](NC(=O)OCC1c2ccccc2-c2ccccc21)C(=O)O. The van der Waals surface area contributed by atoms with E-state index in [1.807, 2.05) is 54.6 Å². The second-order valence-corrected chi connectivity index (χ2v) is 7.70. The Morgan fingerprint density at radius 1 is 1.06 bits per heavy atom. The van der Waals surface area contributed by atoms with Crippen LogP contribution in [0.3, 0.4) is 0 Å². The molecule has 7 heteroatoms. The molecule has 0 heterocycles. The van der Waals surface area contributed by atoms with Crippen molar-refractivity contribution in [3.8, 4) is 22.9 Å². The van der Waals surface area contributed by atoms with Crippen LogP contribution in [0.15, 0.2) is 66.7 Å². The van der Waals surface area contributed by atoms with Gasteiger partial charge in [-0.1, -0.05) is 48.5 Å². The number of amides is 1. The molecular formula is C26H22N2O5. The van der Waals surface area contributed by atoms with E-state index in [4.69, 9.17) is 14.7 Å². The number of ether oxygens (including phenoxy) is 2. The van der Waals surface area contributed by atoms with Crippen molar-refractivity contribution in [2.75, 3.05) is 13.7 Å². The van der Waals surface area contributed by atoms with E-state index in [1.54, 1.807) is 18.2 Å². The normalized spacial score (nSPS) is 12.7. The fourth-order valence-electron chi connectivity index (χ4n) is 4.21. The van der Waals surface area contributed by atoms with E-state index in [0.29, 0.717) is 16.9 Å². The van der Waals surface area contributed by atoms with Crippen molar-refractivity contribution in [2.24, 2.45) is 0 Å². The number of hydrogen-bond acceptors (Lipinski definition) is 5. The first kappa shape index (κ1) is 21.9. The second kappa shape index (κ2) is 9.45. The zero-order valence-electron chi connectivity index (χ0n) is 17.9. The number of carboxylic acids is 1. The quantitative estimate of drug-likeness (QED) is 0.570. The van der Waals surface area contributed by atoms with Crippen LogP contribution >= 0.6 is 0 Å². The Morgan fingerprint density at radius 3 is 2.27 bits per heavy atom. The smallest absolute Gasteiger partial charge is 0.407 e. The molecule has 0 unspecified atom stereocenters. The largest absolute Gasteiger partial charge is 0.496 e. The molecule has 4 rings (SSSR count). The van der Waals surface area contributed by atoms with Crippen molar-refractivity contribution < 1.29 is 24.2 Å². The van der Waals surface area contributed by atoms with Gasteiger partial charge in [0.15, 0.2) is 0 Å². The Bertz CT molecular complexity index is 1200. The van der Waals surface area contributed by atoms with E-state index < -0.39 is 18.1 Å². The van der Waals surface area contributed by atoms with Crippen LogP contribution < -0.4 is 10.1 Å². The van der Waals surface area contributed by atoms with Crippen LogP contribution in [0.1, 0.15) is 28.2 Å². The van der Waals surface area contributed by atoms with Gasteiger partial charge in [0.2, 0.25) is 0 Å². The van der Waals surface area contributed by atoms with E-state index in [1.165, 1.54) is 7.11 Å². The molecule has 1 amide bonds. The minimum absolute atomic E-state index is 0.0573. The molecule has 1 aliphatic rings. The average Bonchev–Trinajstić information content (AvgIpc) is 3.16. The molecule has 0 spiro atoms. The van der Waals surface area contributed by atoms with Crippen molar-refractivity contribution in [3.63, 3.8) is 0 Å². The number of benzene rings is 3. The molecule has 7 nitrogen and oxygen atoms in total. The fourth-order valence-corrected chi connectivity index (χ4v) is 4.21. The third kappa shape index (κ3) is 4.51. The minimum atomic E-state index is -1.25. The first-order chi connectivity index (χ1) is 16.0. The number of rotatable bonds is 7. The van der Waals surface area contributed by atoms with Crippen molar-refractivity contribution in [2.45, 2.75) is 18.4 Å². The molecule has 0 aliphatic heterocycles. The topological polar surface area (TPSA) is 109 Å². The number of aliphatic carboxylic acids is 1. The lowest BCUT2D eigenvalue weighted by Crippen LogP contribution is -2.43. The minimum Gasteiger partial charge on any atom is -0.496 e. The maximum Gasteiger partial charge on any atom is 0.407 e. The summed E-state index contributed by atoms with van der Waals surface area (Å²) in [6.45, 7) is 0.0828. The number of fused-ring (bicyclic) bond motifs is 3. The summed E-state index contributed by atoms with van der Waals surface area (Å²) < 4.78 is 10.7. The summed E-state index contributed by atoms with van der Waals surface area (Å²) in [5.41, 5.74) is 5.22. The Labute approximate surface area is 191 Å². The van der Waals surface area contributed by atoms with Gasteiger partial charge in [0, 0.05) is 12.3 Å². The van der Waals surface area contributed by atoms with Crippen LogP contribution in [0, 0.1) is 11.3 Å². The Morgan fingerprint density at radius 2 is 1.70 bits per heavy atom. The van der Waals surface area contributed by atoms with Gasteiger partial charge in [0.05, 0.1) is 18.7 Å². The van der Waals surface area contributed by atoms with E-state index in [9.17, 15) is 14.7 Å². The predicted octanol–water partition coefficient (Wildman–Crippen LogP) is 4.10. The van der Waals surface area contributed by atoms with Gasteiger partial charge in [-0.15, -0.1) is 0 Å². The van der Waals surface area contributed by atoms with Crippen molar-refractivity contribution in [1.29, 1.82) is 5.26 Å². The molecule has 1 aliphatic carbocycles. The summed E-state index contributed by atoms with van der Waals surface area (Å²) in [6, 6.07) is 21.4. The van der Waals surface area contributed by atoms with Gasteiger partial charge in [0.25, 0.3) is 0 Å². The molecule has 3 aromatic carbocycles. The molecule has 33 heavy (non-hydrogen) atoms. The van der Waals surface area contributed by atoms with Crippen LogP contribution in [-0.4, -0.2) is 36.9 Å². The molecule has 0 fully saturated rings. The Kier molecular flexibility index (Phi) is 6.27. The summed E-state index contributed by atoms with van der Waals surface area (Å²) in [6.07, 6.45) is -0.877. The highest BCUT2D eigenvalue weighted by Gasteiger charge is 2.30. The van der Waals surface area contributed by atoms with E-state index >= 15 is 0 Å². The number of carbonyl (C=O) groups is 2. The number of nitriles is 1. The Balaban J connectivity index is 1.46. The van der Waals surface area contributed by atoms with Crippen LogP contribution in [-0.2, 0) is 16.0 Å². The van der Waals surface area contributed by atoms with Gasteiger partial charge in [-0.25, -0.2) is 9.59 Å². The number of carbonyl (C=O) groups excluding carboxylic acids is 1.